The van der Waals surface area contributed by atoms with Crippen LogP contribution < -0.4 is 0 Å². The third-order valence-corrected chi connectivity index (χ3v) is 3.54. The summed E-state index contributed by atoms with van der Waals surface area (Å²) in [5.74, 6) is -2.64. The molecule has 0 saturated carbocycles. The Morgan fingerprint density at radius 1 is 0.800 bits per heavy atom. The lowest BCUT2D eigenvalue weighted by Gasteiger charge is -2.43. The zero-order chi connectivity index (χ0) is 19.1. The van der Waals surface area contributed by atoms with Gasteiger partial charge in [-0.2, -0.15) is 0 Å². The number of esters is 4. The van der Waals surface area contributed by atoms with Crippen molar-refractivity contribution in [3.63, 3.8) is 0 Å². The normalized spacial score (nSPS) is 28.6. The lowest BCUT2D eigenvalue weighted by atomic mass is 9.98. The Balaban J connectivity index is 3.18. The third-order valence-electron chi connectivity index (χ3n) is 3.04. The van der Waals surface area contributed by atoms with Crippen LogP contribution in [0.3, 0.4) is 0 Å². The lowest BCUT2D eigenvalue weighted by molar-refractivity contribution is -0.282. The molecule has 0 radical (unpaired) electrons. The minimum Gasteiger partial charge on any atom is -0.463 e. The molecule has 0 aromatic heterocycles. The smallest absolute Gasteiger partial charge is 0.303 e. The summed E-state index contributed by atoms with van der Waals surface area (Å²) in [6, 6.07) is 0. The molecule has 5 atom stereocenters. The second-order valence-electron chi connectivity index (χ2n) is 5.16. The topological polar surface area (TPSA) is 124 Å². The van der Waals surface area contributed by atoms with Crippen molar-refractivity contribution in [3.8, 4) is 0 Å². The monoisotopic (exact) mass is 474 g/mol. The molecule has 11 heteroatoms. The number of rotatable bonds is 6. The molecule has 142 valence electrons. The van der Waals surface area contributed by atoms with Crippen molar-refractivity contribution < 1.29 is 45.9 Å². The van der Waals surface area contributed by atoms with E-state index < -0.39 is 54.6 Å². The van der Waals surface area contributed by atoms with Gasteiger partial charge in [0.05, 0.1) is 0 Å². The van der Waals surface area contributed by atoms with Gasteiger partial charge in [0.2, 0.25) is 6.29 Å². The van der Waals surface area contributed by atoms with E-state index in [4.69, 9.17) is 26.8 Å². The van der Waals surface area contributed by atoms with Gasteiger partial charge in [-0.05, 0) is 0 Å². The van der Waals surface area contributed by atoms with Gasteiger partial charge in [-0.1, -0.05) is 0 Å². The zero-order valence-electron chi connectivity index (χ0n) is 14.1. The van der Waals surface area contributed by atoms with Crippen LogP contribution in [0.5, 0.6) is 0 Å². The molecule has 10 nitrogen and oxygen atoms in total. The molecule has 0 aliphatic carbocycles. The summed E-state index contributed by atoms with van der Waals surface area (Å²) >= 11 is 1.52. The Morgan fingerprint density at radius 2 is 1.28 bits per heavy atom. The fraction of sp³-hybridized carbons (Fsp3) is 0.714. The molecule has 0 amide bonds. The molecule has 0 bridgehead atoms. The Hall–Kier alpha value is -1.47. The molecule has 1 saturated heterocycles. The zero-order valence-corrected chi connectivity index (χ0v) is 16.2. The van der Waals surface area contributed by atoms with Crippen LogP contribution in [0.15, 0.2) is 0 Å². The van der Waals surface area contributed by atoms with Crippen LogP contribution in [0.1, 0.15) is 27.7 Å². The van der Waals surface area contributed by atoms with Crippen molar-refractivity contribution >= 4 is 46.9 Å². The highest BCUT2D eigenvalue weighted by Gasteiger charge is 2.52. The molecular weight excluding hydrogens is 455 g/mol. The van der Waals surface area contributed by atoms with Gasteiger partial charge in [-0.3, -0.25) is 22.2 Å². The first-order valence-corrected chi connectivity index (χ1v) is 8.11. The van der Waals surface area contributed by atoms with Crippen molar-refractivity contribution in [2.24, 2.45) is 0 Å². The van der Waals surface area contributed by atoms with Crippen molar-refractivity contribution in [2.75, 3.05) is 6.61 Å². The molecule has 0 aromatic carbocycles. The van der Waals surface area contributed by atoms with Crippen LogP contribution >= 0.6 is 23.0 Å². The maximum Gasteiger partial charge on any atom is 0.303 e. The molecule has 0 N–H and O–H groups in total. The number of hydrogen-bond donors (Lipinski definition) is 0. The van der Waals surface area contributed by atoms with E-state index in [1.807, 2.05) is 0 Å². The lowest BCUT2D eigenvalue weighted by Crippen LogP contribution is -2.62. The maximum atomic E-state index is 11.5. The minimum atomic E-state index is -1.21. The van der Waals surface area contributed by atoms with Gasteiger partial charge >= 0.3 is 23.9 Å². The highest BCUT2D eigenvalue weighted by atomic mass is 127. The molecular formula is C14H19IO10. The number of ether oxygens (including phenoxy) is 5. The summed E-state index contributed by atoms with van der Waals surface area (Å²) in [4.78, 5) is 45.4. The van der Waals surface area contributed by atoms with Crippen molar-refractivity contribution in [2.45, 2.75) is 58.4 Å². The first-order chi connectivity index (χ1) is 11.6. The molecule has 2 unspecified atom stereocenters. The second-order valence-corrected chi connectivity index (χ2v) is 5.67. The summed E-state index contributed by atoms with van der Waals surface area (Å²) in [5, 5.41) is 0. The van der Waals surface area contributed by atoms with E-state index in [9.17, 15) is 19.2 Å². The first-order valence-electron chi connectivity index (χ1n) is 7.23. The predicted octanol–water partition coefficient (Wildman–Crippen LogP) is 0.436. The van der Waals surface area contributed by atoms with Gasteiger partial charge in [0.1, 0.15) is 35.7 Å². The van der Waals surface area contributed by atoms with E-state index in [2.05, 4.69) is 0 Å². The van der Waals surface area contributed by atoms with Gasteiger partial charge in [0, 0.05) is 27.7 Å². The number of halogens is 1. The van der Waals surface area contributed by atoms with Crippen LogP contribution in [-0.2, 0) is 45.9 Å². The molecule has 1 aliphatic rings. The second kappa shape index (κ2) is 9.87. The molecule has 0 spiro atoms. The summed E-state index contributed by atoms with van der Waals surface area (Å²) in [7, 11) is 0. The Kier molecular flexibility index (Phi) is 8.52. The molecule has 1 rings (SSSR count). The summed E-state index contributed by atoms with van der Waals surface area (Å²) in [6.45, 7) is 4.36. The predicted molar refractivity (Wildman–Crippen MR) is 87.1 cm³/mol. The fourth-order valence-electron chi connectivity index (χ4n) is 2.26. The average Bonchev–Trinajstić information content (AvgIpc) is 2.48. The van der Waals surface area contributed by atoms with Crippen LogP contribution in [0, 0.1) is 0 Å². The average molecular weight is 474 g/mol. The van der Waals surface area contributed by atoms with Gasteiger partial charge in [-0.25, -0.2) is 0 Å². The Bertz CT molecular complexity index is 522. The molecule has 1 heterocycles. The molecule has 1 aliphatic heterocycles. The van der Waals surface area contributed by atoms with Gasteiger partial charge < -0.3 is 23.7 Å². The Labute approximate surface area is 158 Å². The van der Waals surface area contributed by atoms with E-state index in [0.717, 1.165) is 20.8 Å². The van der Waals surface area contributed by atoms with Gasteiger partial charge in [0.25, 0.3) is 0 Å². The highest BCUT2D eigenvalue weighted by Crippen LogP contribution is 2.30. The Morgan fingerprint density at radius 3 is 1.72 bits per heavy atom. The molecule has 1 fully saturated rings. The largest absolute Gasteiger partial charge is 0.463 e. The maximum absolute atomic E-state index is 11.5. The van der Waals surface area contributed by atoms with E-state index in [1.165, 1.54) is 29.9 Å². The summed E-state index contributed by atoms with van der Waals surface area (Å²) in [5.41, 5.74) is 0. The standard InChI is InChI=1S/C14H19IO10/c1-6(16)20-5-10-11(21-7(2)17)12(22-8(3)18)13(23-9(4)19)14(24-10)25-15/h10-14H,5H2,1-4H3/t10?,11-,12?,13-,14-/m0/s1. The van der Waals surface area contributed by atoms with Crippen molar-refractivity contribution in [3.05, 3.63) is 0 Å². The highest BCUT2D eigenvalue weighted by molar-refractivity contribution is 14.1. The van der Waals surface area contributed by atoms with Crippen molar-refractivity contribution in [1.82, 2.24) is 0 Å². The number of carbonyl (C=O) groups excluding carboxylic acids is 4. The minimum absolute atomic E-state index is 0.283. The van der Waals surface area contributed by atoms with Gasteiger partial charge in [-0.15, -0.1) is 0 Å². The number of hydrogen-bond acceptors (Lipinski definition) is 10. The fourth-order valence-corrected chi connectivity index (χ4v) is 2.67. The van der Waals surface area contributed by atoms with E-state index in [1.54, 1.807) is 0 Å². The van der Waals surface area contributed by atoms with Crippen LogP contribution in [-0.4, -0.2) is 61.2 Å². The first kappa shape index (κ1) is 21.6. The number of carbonyl (C=O) groups is 4. The van der Waals surface area contributed by atoms with E-state index >= 15 is 0 Å². The molecule has 25 heavy (non-hydrogen) atoms. The summed E-state index contributed by atoms with van der Waals surface area (Å²) < 4.78 is 31.1. The summed E-state index contributed by atoms with van der Waals surface area (Å²) in [6.07, 6.45) is -5.70. The van der Waals surface area contributed by atoms with Crippen molar-refractivity contribution in [1.29, 1.82) is 0 Å². The van der Waals surface area contributed by atoms with Crippen LogP contribution in [0.25, 0.3) is 0 Å². The third kappa shape index (κ3) is 6.74. The van der Waals surface area contributed by atoms with Crippen LogP contribution in [0.2, 0.25) is 0 Å². The van der Waals surface area contributed by atoms with E-state index in [0.29, 0.717) is 0 Å². The van der Waals surface area contributed by atoms with Crippen LogP contribution in [0.4, 0.5) is 0 Å². The SMILES string of the molecule is CC(=O)OCC1O[C@@H](OI)[C@@H](OC(C)=O)C(OC(C)=O)[C@H]1OC(C)=O. The quantitative estimate of drug-likeness (QED) is 0.304. The molecule has 0 aromatic rings. The van der Waals surface area contributed by atoms with Gasteiger partial charge in [0.15, 0.2) is 18.3 Å². The van der Waals surface area contributed by atoms with E-state index in [-0.39, 0.29) is 6.61 Å².